The number of nitrogens with one attached hydrogen (secondary N) is 1. The highest BCUT2D eigenvalue weighted by atomic mass is 19.1. The van der Waals surface area contributed by atoms with Crippen LogP contribution in [-0.2, 0) is 0 Å². The van der Waals surface area contributed by atoms with Crippen LogP contribution < -0.4 is 10.2 Å². The van der Waals surface area contributed by atoms with Gasteiger partial charge in [0.15, 0.2) is 11.4 Å². The second kappa shape index (κ2) is 4.28. The fraction of sp³-hybridized carbons (Fsp3) is 0.429. The Hall–Kier alpha value is -1.55. The van der Waals surface area contributed by atoms with E-state index in [0.717, 1.165) is 25.0 Å². The van der Waals surface area contributed by atoms with Gasteiger partial charge in [-0.2, -0.15) is 0 Å². The van der Waals surface area contributed by atoms with Crippen molar-refractivity contribution in [1.29, 1.82) is 0 Å². The van der Waals surface area contributed by atoms with Crippen LogP contribution in [0, 0.1) is 12.7 Å². The minimum absolute atomic E-state index is 0.161. The average molecular weight is 248 g/mol. The van der Waals surface area contributed by atoms with E-state index in [1.54, 1.807) is 13.2 Å². The first kappa shape index (κ1) is 11.5. The molecular weight excluding hydrogens is 231 g/mol. The lowest BCUT2D eigenvalue weighted by Crippen LogP contribution is -2.49. The highest BCUT2D eigenvalue weighted by molar-refractivity contribution is 5.90. The molecule has 1 unspecified atom stereocenters. The van der Waals surface area contributed by atoms with Gasteiger partial charge in [0.25, 0.3) is 0 Å². The van der Waals surface area contributed by atoms with Crippen LogP contribution in [0.5, 0.6) is 0 Å². The Bertz CT molecular complexity index is 578. The summed E-state index contributed by atoms with van der Waals surface area (Å²) in [6.07, 6.45) is 1.62. The number of aryl methyl sites for hydroxylation is 1. The molecule has 0 bridgehead atoms. The Kier molecular flexibility index (Phi) is 2.74. The molecule has 0 amide bonds. The fourth-order valence-electron chi connectivity index (χ4n) is 2.63. The second-order valence-electron chi connectivity index (χ2n) is 5.00. The molecule has 1 aromatic heterocycles. The Morgan fingerprint density at radius 2 is 2.33 bits per heavy atom. The SMILES string of the molecule is Cc1cc2ccoc2c(N2CCNC(C)C2)c1F. The molecule has 3 rings (SSSR count). The van der Waals surface area contributed by atoms with Crippen molar-refractivity contribution in [2.24, 2.45) is 0 Å². The monoisotopic (exact) mass is 248 g/mol. The normalized spacial score (nSPS) is 20.6. The summed E-state index contributed by atoms with van der Waals surface area (Å²) < 4.78 is 19.9. The summed E-state index contributed by atoms with van der Waals surface area (Å²) in [5, 5.41) is 4.33. The number of furan rings is 1. The van der Waals surface area contributed by atoms with Crippen LogP contribution in [0.25, 0.3) is 11.0 Å². The summed E-state index contributed by atoms with van der Waals surface area (Å²) in [6, 6.07) is 4.09. The largest absolute Gasteiger partial charge is 0.462 e. The van der Waals surface area contributed by atoms with Gasteiger partial charge in [-0.15, -0.1) is 0 Å². The van der Waals surface area contributed by atoms with Crippen LogP contribution in [0.4, 0.5) is 10.1 Å². The lowest BCUT2D eigenvalue weighted by atomic mass is 10.1. The van der Waals surface area contributed by atoms with Crippen LogP contribution in [0.15, 0.2) is 22.8 Å². The van der Waals surface area contributed by atoms with Crippen molar-refractivity contribution in [1.82, 2.24) is 5.32 Å². The third-order valence-corrected chi connectivity index (χ3v) is 3.52. The smallest absolute Gasteiger partial charge is 0.160 e. The first-order valence-electron chi connectivity index (χ1n) is 6.31. The van der Waals surface area contributed by atoms with Gasteiger partial charge in [-0.05, 0) is 31.5 Å². The quantitative estimate of drug-likeness (QED) is 0.841. The van der Waals surface area contributed by atoms with E-state index >= 15 is 0 Å². The maximum absolute atomic E-state index is 14.4. The summed E-state index contributed by atoms with van der Waals surface area (Å²) in [4.78, 5) is 2.08. The van der Waals surface area contributed by atoms with Crippen LogP contribution in [0.2, 0.25) is 0 Å². The van der Waals surface area contributed by atoms with Gasteiger partial charge in [0.05, 0.1) is 6.26 Å². The zero-order valence-corrected chi connectivity index (χ0v) is 10.7. The lowest BCUT2D eigenvalue weighted by Gasteiger charge is -2.34. The predicted octanol–water partition coefficient (Wildman–Crippen LogP) is 2.68. The molecular formula is C14H17FN2O. The first-order valence-corrected chi connectivity index (χ1v) is 6.31. The number of hydrogen-bond acceptors (Lipinski definition) is 3. The molecule has 1 aliphatic heterocycles. The van der Waals surface area contributed by atoms with Crippen molar-refractivity contribution in [2.45, 2.75) is 19.9 Å². The van der Waals surface area contributed by atoms with E-state index in [9.17, 15) is 4.39 Å². The zero-order chi connectivity index (χ0) is 12.7. The molecule has 18 heavy (non-hydrogen) atoms. The number of rotatable bonds is 1. The van der Waals surface area contributed by atoms with E-state index in [0.29, 0.717) is 22.9 Å². The Balaban J connectivity index is 2.14. The maximum atomic E-state index is 14.4. The van der Waals surface area contributed by atoms with Gasteiger partial charge in [-0.25, -0.2) is 4.39 Å². The van der Waals surface area contributed by atoms with E-state index in [2.05, 4.69) is 17.1 Å². The van der Waals surface area contributed by atoms with Gasteiger partial charge in [0.2, 0.25) is 0 Å². The molecule has 3 nitrogen and oxygen atoms in total. The van der Waals surface area contributed by atoms with E-state index in [-0.39, 0.29) is 5.82 Å². The van der Waals surface area contributed by atoms with Gasteiger partial charge < -0.3 is 14.6 Å². The Labute approximate surface area is 106 Å². The third-order valence-electron chi connectivity index (χ3n) is 3.52. The molecule has 1 aromatic carbocycles. The van der Waals surface area contributed by atoms with E-state index in [1.165, 1.54) is 0 Å². The Morgan fingerprint density at radius 1 is 1.50 bits per heavy atom. The zero-order valence-electron chi connectivity index (χ0n) is 10.7. The molecule has 2 heterocycles. The van der Waals surface area contributed by atoms with Crippen molar-refractivity contribution < 1.29 is 8.81 Å². The standard InChI is InChI=1S/C14H17FN2O/c1-9-7-11-3-6-18-14(11)13(12(9)15)17-5-4-16-10(2)8-17/h3,6-7,10,16H,4-5,8H2,1-2H3. The summed E-state index contributed by atoms with van der Waals surface area (Å²) >= 11 is 0. The molecule has 1 fully saturated rings. The van der Waals surface area contributed by atoms with Gasteiger partial charge in [-0.1, -0.05) is 0 Å². The van der Waals surface area contributed by atoms with E-state index in [1.807, 2.05) is 12.1 Å². The van der Waals surface area contributed by atoms with Crippen LogP contribution in [-0.4, -0.2) is 25.7 Å². The highest BCUT2D eigenvalue weighted by Gasteiger charge is 2.23. The molecule has 1 saturated heterocycles. The summed E-state index contributed by atoms with van der Waals surface area (Å²) in [6.45, 7) is 6.39. The second-order valence-corrected chi connectivity index (χ2v) is 5.00. The van der Waals surface area contributed by atoms with E-state index in [4.69, 9.17) is 4.42 Å². The highest BCUT2D eigenvalue weighted by Crippen LogP contribution is 2.33. The van der Waals surface area contributed by atoms with Crippen LogP contribution in [0.3, 0.4) is 0 Å². The lowest BCUT2D eigenvalue weighted by molar-refractivity contribution is 0.476. The molecule has 4 heteroatoms. The number of fused-ring (bicyclic) bond motifs is 1. The summed E-state index contributed by atoms with van der Waals surface area (Å²) in [5.74, 6) is -0.161. The molecule has 96 valence electrons. The summed E-state index contributed by atoms with van der Waals surface area (Å²) in [5.41, 5.74) is 1.95. The molecule has 1 atom stereocenters. The molecule has 1 N–H and O–H groups in total. The number of nitrogens with zero attached hydrogens (tertiary/aromatic N) is 1. The van der Waals surface area contributed by atoms with Crippen molar-refractivity contribution >= 4 is 16.7 Å². The molecule has 0 aliphatic carbocycles. The molecule has 2 aromatic rings. The van der Waals surface area contributed by atoms with Crippen molar-refractivity contribution in [3.05, 3.63) is 29.8 Å². The van der Waals surface area contributed by atoms with Gasteiger partial charge in [0, 0.05) is 31.1 Å². The molecule has 0 saturated carbocycles. The number of hydrogen-bond donors (Lipinski definition) is 1. The molecule has 0 radical (unpaired) electrons. The third kappa shape index (κ3) is 1.77. The predicted molar refractivity (Wildman–Crippen MR) is 70.6 cm³/mol. The fourth-order valence-corrected chi connectivity index (χ4v) is 2.63. The van der Waals surface area contributed by atoms with Crippen molar-refractivity contribution in [3.63, 3.8) is 0 Å². The minimum atomic E-state index is -0.161. The van der Waals surface area contributed by atoms with E-state index < -0.39 is 0 Å². The first-order chi connectivity index (χ1) is 8.66. The van der Waals surface area contributed by atoms with Crippen molar-refractivity contribution in [3.8, 4) is 0 Å². The van der Waals surface area contributed by atoms with Crippen molar-refractivity contribution in [2.75, 3.05) is 24.5 Å². The Morgan fingerprint density at radius 3 is 3.11 bits per heavy atom. The van der Waals surface area contributed by atoms with Crippen LogP contribution >= 0.6 is 0 Å². The number of anilines is 1. The molecule has 0 spiro atoms. The number of piperazine rings is 1. The minimum Gasteiger partial charge on any atom is -0.462 e. The average Bonchev–Trinajstić information content (AvgIpc) is 2.78. The summed E-state index contributed by atoms with van der Waals surface area (Å²) in [7, 11) is 0. The maximum Gasteiger partial charge on any atom is 0.160 e. The van der Waals surface area contributed by atoms with Gasteiger partial charge in [0.1, 0.15) is 5.69 Å². The molecule has 1 aliphatic rings. The number of benzene rings is 1. The van der Waals surface area contributed by atoms with Crippen LogP contribution in [0.1, 0.15) is 12.5 Å². The topological polar surface area (TPSA) is 28.4 Å². The van der Waals surface area contributed by atoms with Gasteiger partial charge >= 0.3 is 0 Å². The number of halogens is 1. The van der Waals surface area contributed by atoms with Gasteiger partial charge in [-0.3, -0.25) is 0 Å².